The maximum atomic E-state index is 8.47. The van der Waals surface area contributed by atoms with Crippen molar-refractivity contribution < 1.29 is 0 Å². The number of aryl methyl sites for hydroxylation is 1. The SMILES string of the molecule is [N-]=[N+]=Nc1ccccc1C#CCCc1ccccc1. The lowest BCUT2D eigenvalue weighted by atomic mass is 10.1. The van der Waals surface area contributed by atoms with Gasteiger partial charge in [0, 0.05) is 16.9 Å². The second-order valence-corrected chi connectivity index (χ2v) is 3.99. The molecule has 0 aliphatic rings. The molecule has 0 saturated heterocycles. The average molecular weight is 247 g/mol. The molecule has 0 bridgehead atoms. The van der Waals surface area contributed by atoms with Gasteiger partial charge in [0.05, 0.1) is 5.69 Å². The molecule has 0 aromatic heterocycles. The fraction of sp³-hybridized carbons (Fsp3) is 0.125. The van der Waals surface area contributed by atoms with E-state index in [9.17, 15) is 0 Å². The van der Waals surface area contributed by atoms with Crippen molar-refractivity contribution in [1.29, 1.82) is 0 Å². The first-order valence-electron chi connectivity index (χ1n) is 6.07. The number of hydrogen-bond acceptors (Lipinski definition) is 1. The summed E-state index contributed by atoms with van der Waals surface area (Å²) in [5.41, 5.74) is 11.1. The van der Waals surface area contributed by atoms with Gasteiger partial charge in [0.15, 0.2) is 0 Å². The molecule has 0 unspecified atom stereocenters. The third-order valence-electron chi connectivity index (χ3n) is 2.66. The van der Waals surface area contributed by atoms with E-state index >= 15 is 0 Å². The molecule has 0 heterocycles. The van der Waals surface area contributed by atoms with E-state index in [0.29, 0.717) is 5.69 Å². The summed E-state index contributed by atoms with van der Waals surface area (Å²) in [6, 6.07) is 17.6. The average Bonchev–Trinajstić information content (AvgIpc) is 2.47. The van der Waals surface area contributed by atoms with E-state index in [-0.39, 0.29) is 0 Å². The van der Waals surface area contributed by atoms with E-state index in [0.717, 1.165) is 18.4 Å². The van der Waals surface area contributed by atoms with Crippen LogP contribution in [0.1, 0.15) is 17.5 Å². The molecule has 0 aliphatic heterocycles. The van der Waals surface area contributed by atoms with Gasteiger partial charge in [-0.25, -0.2) is 0 Å². The highest BCUT2D eigenvalue weighted by molar-refractivity contribution is 5.54. The van der Waals surface area contributed by atoms with Crippen molar-refractivity contribution in [2.45, 2.75) is 12.8 Å². The molecule has 0 amide bonds. The molecule has 2 rings (SSSR count). The topological polar surface area (TPSA) is 48.8 Å². The van der Waals surface area contributed by atoms with Gasteiger partial charge < -0.3 is 0 Å². The van der Waals surface area contributed by atoms with Crippen LogP contribution in [0.4, 0.5) is 5.69 Å². The summed E-state index contributed by atoms with van der Waals surface area (Å²) in [5.74, 6) is 6.17. The Labute approximate surface area is 112 Å². The second kappa shape index (κ2) is 6.90. The molecular weight excluding hydrogens is 234 g/mol. The first-order chi connectivity index (χ1) is 9.40. The number of rotatable bonds is 3. The Morgan fingerprint density at radius 2 is 1.74 bits per heavy atom. The van der Waals surface area contributed by atoms with Crippen molar-refractivity contribution in [2.75, 3.05) is 0 Å². The molecule has 0 atom stereocenters. The highest BCUT2D eigenvalue weighted by Crippen LogP contribution is 2.17. The first-order valence-corrected chi connectivity index (χ1v) is 6.07. The summed E-state index contributed by atoms with van der Waals surface area (Å²) >= 11 is 0. The third kappa shape index (κ3) is 3.92. The molecule has 0 aliphatic carbocycles. The minimum Gasteiger partial charge on any atom is -0.0975 e. The molecule has 2 aromatic carbocycles. The zero-order chi connectivity index (χ0) is 13.3. The van der Waals surface area contributed by atoms with Gasteiger partial charge in [0.25, 0.3) is 0 Å². The molecule has 19 heavy (non-hydrogen) atoms. The van der Waals surface area contributed by atoms with Crippen LogP contribution in [0.25, 0.3) is 10.4 Å². The zero-order valence-electron chi connectivity index (χ0n) is 10.5. The predicted octanol–water partition coefficient (Wildman–Crippen LogP) is 4.61. The lowest BCUT2D eigenvalue weighted by Gasteiger charge is -1.96. The molecule has 0 radical (unpaired) electrons. The van der Waals surface area contributed by atoms with Gasteiger partial charge in [0.2, 0.25) is 0 Å². The van der Waals surface area contributed by atoms with E-state index in [1.54, 1.807) is 6.07 Å². The Hall–Kier alpha value is -2.69. The molecule has 92 valence electrons. The fourth-order valence-corrected chi connectivity index (χ4v) is 1.72. The van der Waals surface area contributed by atoms with Crippen LogP contribution in [0.5, 0.6) is 0 Å². The van der Waals surface area contributed by atoms with Crippen LogP contribution in [-0.2, 0) is 6.42 Å². The van der Waals surface area contributed by atoms with E-state index < -0.39 is 0 Å². The minimum atomic E-state index is 0.581. The number of benzene rings is 2. The predicted molar refractivity (Wildman–Crippen MR) is 76.9 cm³/mol. The highest BCUT2D eigenvalue weighted by Gasteiger charge is 1.94. The third-order valence-corrected chi connectivity index (χ3v) is 2.66. The standard InChI is InChI=1S/C16H13N3/c17-19-18-16-13-7-6-12-15(16)11-5-4-10-14-8-2-1-3-9-14/h1-3,6-9,12-13H,4,10H2. The monoisotopic (exact) mass is 247 g/mol. The molecular formula is C16H13N3. The van der Waals surface area contributed by atoms with Gasteiger partial charge >= 0.3 is 0 Å². The summed E-state index contributed by atoms with van der Waals surface area (Å²) in [7, 11) is 0. The Bertz CT molecular complexity index is 644. The van der Waals surface area contributed by atoms with E-state index in [1.165, 1.54) is 5.56 Å². The lowest BCUT2D eigenvalue weighted by Crippen LogP contribution is -1.82. The van der Waals surface area contributed by atoms with Crippen molar-refractivity contribution in [3.05, 3.63) is 76.2 Å². The maximum absolute atomic E-state index is 8.47. The van der Waals surface area contributed by atoms with Gasteiger partial charge in [-0.3, -0.25) is 0 Å². The molecule has 3 heteroatoms. The van der Waals surface area contributed by atoms with E-state index in [1.807, 2.05) is 36.4 Å². The smallest absolute Gasteiger partial charge is 0.0531 e. The van der Waals surface area contributed by atoms with Gasteiger partial charge in [-0.05, 0) is 23.6 Å². The van der Waals surface area contributed by atoms with Crippen LogP contribution in [0.2, 0.25) is 0 Å². The number of hydrogen-bond donors (Lipinski definition) is 0. The van der Waals surface area contributed by atoms with Crippen LogP contribution in [0, 0.1) is 11.8 Å². The number of azide groups is 1. The van der Waals surface area contributed by atoms with Gasteiger partial charge in [0.1, 0.15) is 0 Å². The maximum Gasteiger partial charge on any atom is 0.0531 e. The fourth-order valence-electron chi connectivity index (χ4n) is 1.72. The largest absolute Gasteiger partial charge is 0.0975 e. The summed E-state index contributed by atoms with van der Waals surface area (Å²) in [6.45, 7) is 0. The van der Waals surface area contributed by atoms with Crippen LogP contribution >= 0.6 is 0 Å². The van der Waals surface area contributed by atoms with Crippen LogP contribution in [0.15, 0.2) is 59.7 Å². The van der Waals surface area contributed by atoms with Crippen LogP contribution < -0.4 is 0 Å². The van der Waals surface area contributed by atoms with Crippen LogP contribution in [0.3, 0.4) is 0 Å². The van der Waals surface area contributed by atoms with Crippen molar-refractivity contribution >= 4 is 5.69 Å². The molecule has 3 nitrogen and oxygen atoms in total. The zero-order valence-corrected chi connectivity index (χ0v) is 10.5. The van der Waals surface area contributed by atoms with Crippen molar-refractivity contribution in [1.82, 2.24) is 0 Å². The molecule has 0 N–H and O–H groups in total. The van der Waals surface area contributed by atoms with Crippen molar-refractivity contribution in [3.63, 3.8) is 0 Å². The van der Waals surface area contributed by atoms with E-state index in [2.05, 4.69) is 34.0 Å². The molecule has 0 spiro atoms. The molecule has 2 aromatic rings. The van der Waals surface area contributed by atoms with Crippen LogP contribution in [-0.4, -0.2) is 0 Å². The van der Waals surface area contributed by atoms with Gasteiger partial charge in [-0.15, -0.1) is 0 Å². The summed E-state index contributed by atoms with van der Waals surface area (Å²) < 4.78 is 0. The Balaban J connectivity index is 2.02. The molecule has 0 fully saturated rings. The normalized spacial score (nSPS) is 9.05. The lowest BCUT2D eigenvalue weighted by molar-refractivity contribution is 1.03. The van der Waals surface area contributed by atoms with E-state index in [4.69, 9.17) is 5.53 Å². The second-order valence-electron chi connectivity index (χ2n) is 3.99. The quantitative estimate of drug-likeness (QED) is 0.329. The van der Waals surface area contributed by atoms with Gasteiger partial charge in [-0.2, -0.15) is 0 Å². The molecule has 0 saturated carbocycles. The van der Waals surface area contributed by atoms with Crippen molar-refractivity contribution in [2.24, 2.45) is 5.11 Å². The Kier molecular flexibility index (Phi) is 4.64. The summed E-state index contributed by atoms with van der Waals surface area (Å²) in [4.78, 5) is 2.80. The minimum absolute atomic E-state index is 0.581. The summed E-state index contributed by atoms with van der Waals surface area (Å²) in [6.07, 6.45) is 1.71. The Morgan fingerprint density at radius 3 is 2.53 bits per heavy atom. The first kappa shape index (κ1) is 12.8. The summed E-state index contributed by atoms with van der Waals surface area (Å²) in [5, 5.41) is 3.62. The van der Waals surface area contributed by atoms with Crippen molar-refractivity contribution in [3.8, 4) is 11.8 Å². The number of nitrogens with zero attached hydrogens (tertiary/aromatic N) is 3. The van der Waals surface area contributed by atoms with Gasteiger partial charge in [-0.1, -0.05) is 65.5 Å². The Morgan fingerprint density at radius 1 is 1.00 bits per heavy atom. The highest BCUT2D eigenvalue weighted by atomic mass is 15.1.